The molecule has 0 saturated heterocycles. The molecule has 2 aromatic rings. The van der Waals surface area contributed by atoms with Gasteiger partial charge in [-0.3, -0.25) is 0 Å². The number of rotatable bonds is 4. The van der Waals surface area contributed by atoms with Crippen LogP contribution in [0.4, 0.5) is 0 Å². The highest BCUT2D eigenvalue weighted by Gasteiger charge is 2.32. The van der Waals surface area contributed by atoms with E-state index in [0.29, 0.717) is 6.04 Å². The van der Waals surface area contributed by atoms with Crippen LogP contribution in [-0.2, 0) is 0 Å². The van der Waals surface area contributed by atoms with Crippen molar-refractivity contribution < 1.29 is 0 Å². The second-order valence-corrected chi connectivity index (χ2v) is 5.67. The van der Waals surface area contributed by atoms with Gasteiger partial charge < -0.3 is 5.32 Å². The van der Waals surface area contributed by atoms with Gasteiger partial charge in [-0.2, -0.15) is 0 Å². The Labute approximate surface area is 109 Å². The number of nitrogens with one attached hydrogen (secondary N) is 1. The molecule has 3 unspecified atom stereocenters. The predicted octanol–water partition coefficient (Wildman–Crippen LogP) is 4.15. The first-order chi connectivity index (χ1) is 8.75. The molecule has 1 saturated carbocycles. The smallest absolute Gasteiger partial charge is 0.0298 e. The van der Waals surface area contributed by atoms with Gasteiger partial charge in [-0.15, -0.1) is 0 Å². The summed E-state index contributed by atoms with van der Waals surface area (Å²) in [6.07, 6.45) is 1.40. The Balaban J connectivity index is 1.80. The SMILES string of the molecule is CC(NCC1CC1C)c1cccc2ccccc12. The van der Waals surface area contributed by atoms with Crippen molar-refractivity contribution in [1.82, 2.24) is 5.32 Å². The lowest BCUT2D eigenvalue weighted by atomic mass is 9.99. The van der Waals surface area contributed by atoms with Crippen molar-refractivity contribution in [2.45, 2.75) is 26.3 Å². The van der Waals surface area contributed by atoms with E-state index in [2.05, 4.69) is 61.6 Å². The summed E-state index contributed by atoms with van der Waals surface area (Å²) in [5.41, 5.74) is 1.42. The van der Waals surface area contributed by atoms with E-state index in [1.165, 1.54) is 22.8 Å². The Bertz CT molecular complexity index is 541. The van der Waals surface area contributed by atoms with Crippen LogP contribution in [-0.4, -0.2) is 6.54 Å². The molecule has 18 heavy (non-hydrogen) atoms. The van der Waals surface area contributed by atoms with Gasteiger partial charge in [0.05, 0.1) is 0 Å². The fourth-order valence-electron chi connectivity index (χ4n) is 2.75. The first-order valence-electron chi connectivity index (χ1n) is 6.97. The van der Waals surface area contributed by atoms with E-state index in [4.69, 9.17) is 0 Å². The largest absolute Gasteiger partial charge is 0.310 e. The van der Waals surface area contributed by atoms with Gasteiger partial charge in [0, 0.05) is 6.04 Å². The molecule has 94 valence electrons. The highest BCUT2D eigenvalue weighted by molar-refractivity contribution is 5.86. The summed E-state index contributed by atoms with van der Waals surface area (Å²) in [7, 11) is 0. The molecular formula is C17H21N. The summed E-state index contributed by atoms with van der Waals surface area (Å²) in [6, 6.07) is 15.7. The summed E-state index contributed by atoms with van der Waals surface area (Å²) in [6.45, 7) is 5.77. The van der Waals surface area contributed by atoms with E-state index in [9.17, 15) is 0 Å². The van der Waals surface area contributed by atoms with Gasteiger partial charge in [0.1, 0.15) is 0 Å². The second kappa shape index (κ2) is 4.74. The van der Waals surface area contributed by atoms with Crippen molar-refractivity contribution >= 4 is 10.8 Å². The minimum Gasteiger partial charge on any atom is -0.310 e. The highest BCUT2D eigenvalue weighted by atomic mass is 14.9. The van der Waals surface area contributed by atoms with Crippen molar-refractivity contribution in [2.24, 2.45) is 11.8 Å². The lowest BCUT2D eigenvalue weighted by molar-refractivity contribution is 0.537. The van der Waals surface area contributed by atoms with Crippen molar-refractivity contribution in [3.8, 4) is 0 Å². The predicted molar refractivity (Wildman–Crippen MR) is 77.6 cm³/mol. The number of hydrogen-bond donors (Lipinski definition) is 1. The van der Waals surface area contributed by atoms with Crippen molar-refractivity contribution in [1.29, 1.82) is 0 Å². The molecule has 2 aromatic carbocycles. The Kier molecular flexibility index (Phi) is 3.09. The third kappa shape index (κ3) is 2.28. The summed E-state index contributed by atoms with van der Waals surface area (Å²) in [4.78, 5) is 0. The fourth-order valence-corrected chi connectivity index (χ4v) is 2.75. The Morgan fingerprint density at radius 1 is 1.17 bits per heavy atom. The summed E-state index contributed by atoms with van der Waals surface area (Å²) in [5.74, 6) is 1.83. The molecule has 1 N–H and O–H groups in total. The molecule has 1 aliphatic rings. The van der Waals surface area contributed by atoms with Gasteiger partial charge in [0.15, 0.2) is 0 Å². The Hall–Kier alpha value is -1.34. The quantitative estimate of drug-likeness (QED) is 0.845. The van der Waals surface area contributed by atoms with Gasteiger partial charge in [-0.1, -0.05) is 49.4 Å². The maximum Gasteiger partial charge on any atom is 0.0298 e. The van der Waals surface area contributed by atoms with Crippen LogP contribution < -0.4 is 5.32 Å². The normalized spacial score (nSPS) is 24.1. The molecule has 3 rings (SSSR count). The minimum atomic E-state index is 0.434. The molecule has 1 heteroatoms. The van der Waals surface area contributed by atoms with Crippen molar-refractivity contribution in [3.05, 3.63) is 48.0 Å². The molecular weight excluding hydrogens is 218 g/mol. The van der Waals surface area contributed by atoms with Gasteiger partial charge in [0.25, 0.3) is 0 Å². The summed E-state index contributed by atoms with van der Waals surface area (Å²) >= 11 is 0. The van der Waals surface area contributed by atoms with Crippen LogP contribution in [0.3, 0.4) is 0 Å². The van der Waals surface area contributed by atoms with Crippen LogP contribution in [0.5, 0.6) is 0 Å². The van der Waals surface area contributed by atoms with E-state index >= 15 is 0 Å². The van der Waals surface area contributed by atoms with E-state index < -0.39 is 0 Å². The zero-order valence-corrected chi connectivity index (χ0v) is 11.2. The molecule has 0 bridgehead atoms. The number of fused-ring (bicyclic) bond motifs is 1. The lowest BCUT2D eigenvalue weighted by Gasteiger charge is -2.16. The first kappa shape index (κ1) is 11.7. The maximum atomic E-state index is 3.68. The standard InChI is InChI=1S/C17H21N/c1-12-10-15(12)11-18-13(2)16-9-5-7-14-6-3-4-8-17(14)16/h3-9,12-13,15,18H,10-11H2,1-2H3. The van der Waals surface area contributed by atoms with Gasteiger partial charge in [-0.05, 0) is 48.1 Å². The molecule has 0 radical (unpaired) electrons. The zero-order valence-electron chi connectivity index (χ0n) is 11.2. The van der Waals surface area contributed by atoms with Crippen LogP contribution >= 0.6 is 0 Å². The molecule has 0 aliphatic heterocycles. The van der Waals surface area contributed by atoms with E-state index in [-0.39, 0.29) is 0 Å². The minimum absolute atomic E-state index is 0.434. The average Bonchev–Trinajstić information content (AvgIpc) is 3.11. The molecule has 0 spiro atoms. The monoisotopic (exact) mass is 239 g/mol. The average molecular weight is 239 g/mol. The van der Waals surface area contributed by atoms with Gasteiger partial charge >= 0.3 is 0 Å². The van der Waals surface area contributed by atoms with Gasteiger partial charge in [0.2, 0.25) is 0 Å². The topological polar surface area (TPSA) is 12.0 Å². The summed E-state index contributed by atoms with van der Waals surface area (Å²) in [5, 5.41) is 6.40. The van der Waals surface area contributed by atoms with E-state index in [0.717, 1.165) is 18.4 Å². The molecule has 1 nitrogen and oxygen atoms in total. The van der Waals surface area contributed by atoms with Crippen LogP contribution in [0, 0.1) is 11.8 Å². The van der Waals surface area contributed by atoms with Crippen molar-refractivity contribution in [3.63, 3.8) is 0 Å². The van der Waals surface area contributed by atoms with Crippen LogP contribution in [0.25, 0.3) is 10.8 Å². The number of benzene rings is 2. The second-order valence-electron chi connectivity index (χ2n) is 5.67. The molecule has 0 aromatic heterocycles. The molecule has 1 aliphatic carbocycles. The molecule has 1 fully saturated rings. The third-order valence-electron chi connectivity index (χ3n) is 4.25. The van der Waals surface area contributed by atoms with Crippen molar-refractivity contribution in [2.75, 3.05) is 6.54 Å². The number of hydrogen-bond acceptors (Lipinski definition) is 1. The fraction of sp³-hybridized carbons (Fsp3) is 0.412. The van der Waals surface area contributed by atoms with Crippen LogP contribution in [0.2, 0.25) is 0 Å². The molecule has 0 amide bonds. The molecule has 0 heterocycles. The van der Waals surface area contributed by atoms with E-state index in [1.54, 1.807) is 0 Å². The summed E-state index contributed by atoms with van der Waals surface area (Å²) < 4.78 is 0. The Morgan fingerprint density at radius 2 is 1.89 bits per heavy atom. The maximum absolute atomic E-state index is 3.68. The zero-order chi connectivity index (χ0) is 12.5. The van der Waals surface area contributed by atoms with Crippen LogP contribution in [0.1, 0.15) is 31.9 Å². The Morgan fingerprint density at radius 3 is 2.67 bits per heavy atom. The highest BCUT2D eigenvalue weighted by Crippen LogP contribution is 2.37. The van der Waals surface area contributed by atoms with Crippen LogP contribution in [0.15, 0.2) is 42.5 Å². The first-order valence-corrected chi connectivity index (χ1v) is 6.97. The van der Waals surface area contributed by atoms with E-state index in [1.807, 2.05) is 0 Å². The van der Waals surface area contributed by atoms with Gasteiger partial charge in [-0.25, -0.2) is 0 Å². The molecule has 3 atom stereocenters. The third-order valence-corrected chi connectivity index (χ3v) is 4.25. The lowest BCUT2D eigenvalue weighted by Crippen LogP contribution is -2.21.